The molecule has 0 N–H and O–H groups in total. The average Bonchev–Trinajstić information content (AvgIpc) is 2.22. The molecule has 0 radical (unpaired) electrons. The summed E-state index contributed by atoms with van der Waals surface area (Å²) < 4.78 is 0. The van der Waals surface area contributed by atoms with E-state index in [1.165, 1.54) is 31.8 Å². The summed E-state index contributed by atoms with van der Waals surface area (Å²) in [6.45, 7) is 10.1. The molecule has 80 valence electrons. The minimum absolute atomic E-state index is 0. The number of rotatable bonds is 3. The summed E-state index contributed by atoms with van der Waals surface area (Å²) in [4.78, 5) is 2.38. The Bertz CT molecular complexity index is 207. The van der Waals surface area contributed by atoms with E-state index in [0.29, 0.717) is 0 Å². The molecule has 15 heavy (non-hydrogen) atoms. The van der Waals surface area contributed by atoms with E-state index in [9.17, 15) is 5.11 Å². The first-order valence-electron chi connectivity index (χ1n) is 5.18. The zero-order valence-electron chi connectivity index (χ0n) is 10.4. The molecule has 0 saturated carbocycles. The van der Waals surface area contributed by atoms with Gasteiger partial charge in [-0.3, -0.25) is 0 Å². The fourth-order valence-electron chi connectivity index (χ4n) is 1.09. The van der Waals surface area contributed by atoms with Crippen molar-refractivity contribution < 1.29 is 34.7 Å². The Labute approximate surface area is 116 Å². The molecule has 1 rings (SSSR count). The van der Waals surface area contributed by atoms with Gasteiger partial charge in [-0.15, -0.1) is 5.75 Å². The summed E-state index contributed by atoms with van der Waals surface area (Å²) in [5.74, 6) is 0.0718. The van der Waals surface area contributed by atoms with Gasteiger partial charge in [0.05, 0.1) is 0 Å². The normalized spacial score (nSPS) is 8.80. The zero-order chi connectivity index (χ0) is 10.8. The fourth-order valence-corrected chi connectivity index (χ4v) is 1.09. The number of hydrogen-bond donors (Lipinski definition) is 0. The van der Waals surface area contributed by atoms with Crippen LogP contribution in [-0.2, 0) is 0 Å². The Morgan fingerprint density at radius 2 is 1.33 bits per heavy atom. The summed E-state index contributed by atoms with van der Waals surface area (Å²) in [6, 6.07) is 8.33. The van der Waals surface area contributed by atoms with Crippen molar-refractivity contribution in [1.82, 2.24) is 4.90 Å². The molecule has 0 bridgehead atoms. The van der Waals surface area contributed by atoms with Crippen LogP contribution in [0.5, 0.6) is 5.75 Å². The Balaban J connectivity index is 0. The Morgan fingerprint density at radius 1 is 0.933 bits per heavy atom. The minimum Gasteiger partial charge on any atom is -0.872 e. The predicted molar refractivity (Wildman–Crippen MR) is 59.4 cm³/mol. The van der Waals surface area contributed by atoms with Crippen LogP contribution in [-0.4, -0.2) is 24.5 Å². The molecule has 0 saturated heterocycles. The molecule has 0 amide bonds. The second kappa shape index (κ2) is 12.1. The Hall–Kier alpha value is -0.0200. The maximum atomic E-state index is 10.3. The van der Waals surface area contributed by atoms with E-state index in [1.54, 1.807) is 12.1 Å². The smallest absolute Gasteiger partial charge is 0.872 e. The maximum absolute atomic E-state index is 10.3. The summed E-state index contributed by atoms with van der Waals surface area (Å²) in [5.41, 5.74) is 0. The van der Waals surface area contributed by atoms with Gasteiger partial charge in [0, 0.05) is 0 Å². The molecule has 0 aromatic heterocycles. The van der Waals surface area contributed by atoms with Crippen molar-refractivity contribution in [3.63, 3.8) is 0 Å². The van der Waals surface area contributed by atoms with Gasteiger partial charge in [0.15, 0.2) is 0 Å². The quantitative estimate of drug-likeness (QED) is 0.614. The van der Waals surface area contributed by atoms with Crippen LogP contribution in [0.15, 0.2) is 30.3 Å². The molecule has 1 aromatic rings. The van der Waals surface area contributed by atoms with E-state index in [2.05, 4.69) is 25.7 Å². The van der Waals surface area contributed by atoms with Crippen molar-refractivity contribution >= 4 is 0 Å². The summed E-state index contributed by atoms with van der Waals surface area (Å²) >= 11 is 0. The molecule has 0 heterocycles. The summed E-state index contributed by atoms with van der Waals surface area (Å²) in [7, 11) is 0. The first-order chi connectivity index (χ1) is 6.74. The molecular weight excluding hydrogens is 197 g/mol. The molecular formula is C12H20NNaO. The Kier molecular flexibility index (Phi) is 14.0. The van der Waals surface area contributed by atoms with Gasteiger partial charge in [-0.05, 0) is 19.6 Å². The van der Waals surface area contributed by atoms with Crippen molar-refractivity contribution in [3.8, 4) is 5.75 Å². The molecule has 0 spiro atoms. The largest absolute Gasteiger partial charge is 1.00 e. The van der Waals surface area contributed by atoms with Gasteiger partial charge in [-0.25, -0.2) is 0 Å². The molecule has 3 heteroatoms. The van der Waals surface area contributed by atoms with Crippen LogP contribution in [0.2, 0.25) is 0 Å². The van der Waals surface area contributed by atoms with Crippen LogP contribution >= 0.6 is 0 Å². The van der Waals surface area contributed by atoms with E-state index in [4.69, 9.17) is 0 Å². The number of nitrogens with zero attached hydrogens (tertiary/aromatic N) is 1. The van der Waals surface area contributed by atoms with Crippen molar-refractivity contribution in [1.29, 1.82) is 0 Å². The Morgan fingerprint density at radius 3 is 1.47 bits per heavy atom. The number of hydrogen-bond acceptors (Lipinski definition) is 2. The topological polar surface area (TPSA) is 26.3 Å². The molecule has 0 aliphatic rings. The van der Waals surface area contributed by atoms with Gasteiger partial charge in [0.25, 0.3) is 0 Å². The van der Waals surface area contributed by atoms with Gasteiger partial charge in [-0.2, -0.15) is 0 Å². The van der Waals surface area contributed by atoms with E-state index < -0.39 is 0 Å². The van der Waals surface area contributed by atoms with Crippen LogP contribution in [0.4, 0.5) is 0 Å². The van der Waals surface area contributed by atoms with Crippen LogP contribution < -0.4 is 34.7 Å². The van der Waals surface area contributed by atoms with Crippen LogP contribution in [0.1, 0.15) is 20.8 Å². The van der Waals surface area contributed by atoms with Gasteiger partial charge in [-0.1, -0.05) is 51.1 Å². The maximum Gasteiger partial charge on any atom is 1.00 e. The van der Waals surface area contributed by atoms with Crippen molar-refractivity contribution in [2.24, 2.45) is 0 Å². The third-order valence-corrected chi connectivity index (χ3v) is 2.08. The monoisotopic (exact) mass is 217 g/mol. The molecule has 2 nitrogen and oxygen atoms in total. The third kappa shape index (κ3) is 10.3. The van der Waals surface area contributed by atoms with Crippen molar-refractivity contribution in [2.75, 3.05) is 19.6 Å². The van der Waals surface area contributed by atoms with E-state index in [-0.39, 0.29) is 35.3 Å². The second-order valence-corrected chi connectivity index (χ2v) is 2.93. The molecule has 0 aliphatic heterocycles. The minimum atomic E-state index is 0. The number of benzene rings is 1. The average molecular weight is 217 g/mol. The van der Waals surface area contributed by atoms with E-state index in [0.717, 1.165) is 0 Å². The van der Waals surface area contributed by atoms with E-state index >= 15 is 0 Å². The first-order valence-corrected chi connectivity index (χ1v) is 5.18. The zero-order valence-corrected chi connectivity index (χ0v) is 12.4. The number of para-hydroxylation sites is 1. The second-order valence-electron chi connectivity index (χ2n) is 2.93. The van der Waals surface area contributed by atoms with Crippen LogP contribution in [0.25, 0.3) is 0 Å². The SMILES string of the molecule is CCN(CC)CC.[Na+].[O-]c1ccccc1. The standard InChI is InChI=1S/C6H15N.C6H6O.Na/c1-4-7(5-2)6-3;7-6-4-2-1-3-5-6;/h4-6H2,1-3H3;1-5,7H;/q;;+1/p-1. The van der Waals surface area contributed by atoms with Gasteiger partial charge in [0.2, 0.25) is 0 Å². The van der Waals surface area contributed by atoms with Gasteiger partial charge in [0.1, 0.15) is 0 Å². The van der Waals surface area contributed by atoms with Crippen LogP contribution in [0.3, 0.4) is 0 Å². The van der Waals surface area contributed by atoms with Crippen molar-refractivity contribution in [3.05, 3.63) is 30.3 Å². The fraction of sp³-hybridized carbons (Fsp3) is 0.500. The van der Waals surface area contributed by atoms with Gasteiger partial charge < -0.3 is 10.0 Å². The molecule has 0 fully saturated rings. The summed E-state index contributed by atoms with van der Waals surface area (Å²) in [5, 5.41) is 10.3. The molecule has 1 aromatic carbocycles. The molecule has 0 aliphatic carbocycles. The van der Waals surface area contributed by atoms with Crippen LogP contribution in [0, 0.1) is 0 Å². The molecule has 0 atom stereocenters. The molecule has 0 unspecified atom stereocenters. The van der Waals surface area contributed by atoms with Crippen molar-refractivity contribution in [2.45, 2.75) is 20.8 Å². The predicted octanol–water partition coefficient (Wildman–Crippen LogP) is -0.888. The third-order valence-electron chi connectivity index (χ3n) is 2.08. The summed E-state index contributed by atoms with van der Waals surface area (Å²) in [6.07, 6.45) is 0. The van der Waals surface area contributed by atoms with E-state index in [1.807, 2.05) is 6.07 Å². The van der Waals surface area contributed by atoms with Gasteiger partial charge >= 0.3 is 29.6 Å². The first kappa shape index (κ1) is 17.4.